The van der Waals surface area contributed by atoms with Crippen molar-refractivity contribution in [1.82, 2.24) is 4.57 Å². The Morgan fingerprint density at radius 2 is 0.938 bits per heavy atom. The third kappa shape index (κ3) is 4.00. The van der Waals surface area contributed by atoms with Crippen molar-refractivity contribution >= 4 is 49.6 Å². The molecular weight excluding hydrogens is 581 g/mol. The zero-order valence-corrected chi connectivity index (χ0v) is 26.2. The quantitative estimate of drug-likeness (QED) is 0.188. The van der Waals surface area contributed by atoms with E-state index in [-0.39, 0.29) is 0 Å². The van der Waals surface area contributed by atoms with Gasteiger partial charge in [-0.05, 0) is 98.8 Å². The normalized spacial score (nSPS) is 11.8. The number of benzene rings is 8. The zero-order valence-electron chi connectivity index (χ0n) is 26.2. The lowest BCUT2D eigenvalue weighted by atomic mass is 9.93. The summed E-state index contributed by atoms with van der Waals surface area (Å²) in [5.41, 5.74) is 14.4. The smallest absolute Gasteiger partial charge is 0.0568 e. The van der Waals surface area contributed by atoms with E-state index in [1.807, 2.05) is 0 Å². The molecular formula is C46H30N2. The molecule has 1 aliphatic rings. The van der Waals surface area contributed by atoms with Crippen molar-refractivity contribution in [2.24, 2.45) is 0 Å². The molecule has 1 aliphatic carbocycles. The minimum Gasteiger partial charge on any atom is -0.310 e. The van der Waals surface area contributed by atoms with Crippen LogP contribution in [0.15, 0.2) is 182 Å². The van der Waals surface area contributed by atoms with Crippen molar-refractivity contribution in [2.45, 2.75) is 0 Å². The Kier molecular flexibility index (Phi) is 5.91. The molecule has 0 amide bonds. The Bertz CT molecular complexity index is 2640. The molecule has 2 heteroatoms. The van der Waals surface area contributed by atoms with E-state index >= 15 is 0 Å². The molecule has 0 saturated carbocycles. The highest BCUT2D eigenvalue weighted by Gasteiger charge is 2.26. The molecule has 0 radical (unpaired) electrons. The first-order valence-corrected chi connectivity index (χ1v) is 16.5. The topological polar surface area (TPSA) is 8.17 Å². The first-order valence-electron chi connectivity index (χ1n) is 16.5. The van der Waals surface area contributed by atoms with Crippen molar-refractivity contribution in [2.75, 3.05) is 4.90 Å². The van der Waals surface area contributed by atoms with Crippen LogP contribution in [-0.4, -0.2) is 4.57 Å². The highest BCUT2D eigenvalue weighted by atomic mass is 15.1. The van der Waals surface area contributed by atoms with Crippen LogP contribution in [0.4, 0.5) is 17.1 Å². The number of hydrogen-bond donors (Lipinski definition) is 0. The minimum atomic E-state index is 1.11. The summed E-state index contributed by atoms with van der Waals surface area (Å²) in [4.78, 5) is 2.40. The molecule has 10 rings (SSSR count). The molecule has 1 heterocycles. The summed E-state index contributed by atoms with van der Waals surface area (Å²) < 4.78 is 2.46. The van der Waals surface area contributed by atoms with Gasteiger partial charge in [-0.25, -0.2) is 0 Å². The number of hydrogen-bond acceptors (Lipinski definition) is 1. The van der Waals surface area contributed by atoms with Crippen LogP contribution >= 0.6 is 0 Å². The first-order chi connectivity index (χ1) is 23.8. The van der Waals surface area contributed by atoms with Gasteiger partial charge in [-0.2, -0.15) is 0 Å². The Morgan fingerprint density at radius 1 is 0.333 bits per heavy atom. The van der Waals surface area contributed by atoms with Crippen LogP contribution in [0.1, 0.15) is 0 Å². The highest BCUT2D eigenvalue weighted by molar-refractivity contribution is 6.31. The lowest BCUT2D eigenvalue weighted by Crippen LogP contribution is -2.10. The lowest BCUT2D eigenvalue weighted by molar-refractivity contribution is 1.18. The van der Waals surface area contributed by atoms with Gasteiger partial charge in [0, 0.05) is 33.5 Å². The number of rotatable bonds is 5. The van der Waals surface area contributed by atoms with Crippen LogP contribution in [-0.2, 0) is 0 Å². The number of nitrogens with zero attached hydrogens (tertiary/aromatic N) is 2. The van der Waals surface area contributed by atoms with Crippen molar-refractivity contribution in [3.63, 3.8) is 0 Å². The molecule has 2 nitrogen and oxygen atoms in total. The zero-order chi connectivity index (χ0) is 31.6. The second-order valence-electron chi connectivity index (χ2n) is 12.6. The van der Waals surface area contributed by atoms with E-state index in [9.17, 15) is 0 Å². The fraction of sp³-hybridized carbons (Fsp3) is 0. The van der Waals surface area contributed by atoms with E-state index in [4.69, 9.17) is 0 Å². The SMILES string of the molecule is c1ccc(-c2ccc(N(c3ccccc3)c3cc4c5c6c7c(cccc7ccc6n(-c6ccccc6)c5c3)-c3ccccc3-4)cc2)cc1. The monoisotopic (exact) mass is 610 g/mol. The number of anilines is 3. The average Bonchev–Trinajstić information content (AvgIpc) is 3.44. The van der Waals surface area contributed by atoms with Crippen molar-refractivity contribution in [3.05, 3.63) is 182 Å². The Morgan fingerprint density at radius 3 is 1.69 bits per heavy atom. The third-order valence-corrected chi connectivity index (χ3v) is 9.88. The fourth-order valence-electron chi connectivity index (χ4n) is 7.82. The predicted molar refractivity (Wildman–Crippen MR) is 203 cm³/mol. The number of aromatic nitrogens is 1. The molecule has 0 bridgehead atoms. The summed E-state index contributed by atoms with van der Waals surface area (Å²) in [7, 11) is 0. The molecule has 0 N–H and O–H groups in total. The van der Waals surface area contributed by atoms with Crippen molar-refractivity contribution < 1.29 is 0 Å². The Balaban J connectivity index is 1.32. The van der Waals surface area contributed by atoms with Crippen LogP contribution < -0.4 is 4.90 Å². The van der Waals surface area contributed by atoms with Crippen molar-refractivity contribution in [1.29, 1.82) is 0 Å². The van der Waals surface area contributed by atoms with E-state index < -0.39 is 0 Å². The number of fused-ring (bicyclic) bond motifs is 3. The van der Waals surface area contributed by atoms with Crippen LogP contribution in [0.5, 0.6) is 0 Å². The first kappa shape index (κ1) is 26.8. The number of para-hydroxylation sites is 2. The molecule has 0 spiro atoms. The Hall–Kier alpha value is -6.38. The van der Waals surface area contributed by atoms with Gasteiger partial charge in [-0.3, -0.25) is 0 Å². The van der Waals surface area contributed by atoms with Gasteiger partial charge in [-0.1, -0.05) is 127 Å². The lowest BCUT2D eigenvalue weighted by Gasteiger charge is -2.27. The third-order valence-electron chi connectivity index (χ3n) is 9.88. The fourth-order valence-corrected chi connectivity index (χ4v) is 7.82. The largest absolute Gasteiger partial charge is 0.310 e. The standard InChI is InChI=1S/C46H30N2/c1-4-13-31(14-5-1)32-23-26-36(27-24-32)47(34-16-6-2-7-17-34)37-29-41-39-21-11-10-20-38(39)40-22-12-15-33-25-28-42-46(44(33)40)45(41)43(30-37)48(42)35-18-8-3-9-19-35/h1-30H. The van der Waals surface area contributed by atoms with Crippen LogP contribution in [0.25, 0.3) is 71.6 Å². The molecule has 0 fully saturated rings. The molecule has 0 saturated heterocycles. The van der Waals surface area contributed by atoms with Crippen LogP contribution in [0.3, 0.4) is 0 Å². The van der Waals surface area contributed by atoms with Crippen molar-refractivity contribution in [3.8, 4) is 39.1 Å². The summed E-state index contributed by atoms with van der Waals surface area (Å²) in [5, 5.41) is 5.21. The van der Waals surface area contributed by atoms with E-state index in [1.54, 1.807) is 0 Å². The van der Waals surface area contributed by atoms with Gasteiger partial charge >= 0.3 is 0 Å². The maximum Gasteiger partial charge on any atom is 0.0568 e. The maximum absolute atomic E-state index is 2.46. The molecule has 0 unspecified atom stereocenters. The average molecular weight is 611 g/mol. The van der Waals surface area contributed by atoms with Gasteiger partial charge in [-0.15, -0.1) is 0 Å². The highest BCUT2D eigenvalue weighted by Crippen LogP contribution is 2.51. The maximum atomic E-state index is 2.46. The van der Waals surface area contributed by atoms with Gasteiger partial charge < -0.3 is 9.47 Å². The molecule has 48 heavy (non-hydrogen) atoms. The molecule has 0 atom stereocenters. The van der Waals surface area contributed by atoms with E-state index in [1.165, 1.54) is 66.0 Å². The van der Waals surface area contributed by atoms with Gasteiger partial charge in [0.15, 0.2) is 0 Å². The molecule has 9 aromatic rings. The van der Waals surface area contributed by atoms with Gasteiger partial charge in [0.25, 0.3) is 0 Å². The summed E-state index contributed by atoms with van der Waals surface area (Å²) in [6, 6.07) is 66.2. The second kappa shape index (κ2) is 10.6. The minimum absolute atomic E-state index is 1.11. The Labute approximate surface area is 279 Å². The molecule has 224 valence electrons. The van der Waals surface area contributed by atoms with E-state index in [0.29, 0.717) is 0 Å². The van der Waals surface area contributed by atoms with E-state index in [2.05, 4.69) is 191 Å². The summed E-state index contributed by atoms with van der Waals surface area (Å²) in [6.07, 6.45) is 0. The van der Waals surface area contributed by atoms with E-state index in [0.717, 1.165) is 22.7 Å². The molecule has 1 aromatic heterocycles. The summed E-state index contributed by atoms with van der Waals surface area (Å²) >= 11 is 0. The van der Waals surface area contributed by atoms with Gasteiger partial charge in [0.2, 0.25) is 0 Å². The predicted octanol–water partition coefficient (Wildman–Crippen LogP) is 12.7. The summed E-state index contributed by atoms with van der Waals surface area (Å²) in [6.45, 7) is 0. The van der Waals surface area contributed by atoms with Crippen LogP contribution in [0.2, 0.25) is 0 Å². The van der Waals surface area contributed by atoms with Gasteiger partial charge in [0.1, 0.15) is 0 Å². The molecule has 0 aliphatic heterocycles. The molecule has 8 aromatic carbocycles. The summed E-state index contributed by atoms with van der Waals surface area (Å²) in [5.74, 6) is 0. The van der Waals surface area contributed by atoms with Gasteiger partial charge in [0.05, 0.1) is 11.0 Å². The second-order valence-corrected chi connectivity index (χ2v) is 12.6. The van der Waals surface area contributed by atoms with Crippen LogP contribution in [0, 0.1) is 0 Å².